The molecule has 13 rings (SSSR count). The zero-order chi connectivity index (χ0) is 41.4. The number of fused-ring (bicyclic) bond motifs is 9. The van der Waals surface area contributed by atoms with Crippen LogP contribution in [0.25, 0.3) is 125 Å². The van der Waals surface area contributed by atoms with Gasteiger partial charge in [0, 0.05) is 74.5 Å². The van der Waals surface area contributed by atoms with Gasteiger partial charge in [-0.25, -0.2) is 24.9 Å². The minimum Gasteiger partial charge on any atom is -0.309 e. The van der Waals surface area contributed by atoms with Gasteiger partial charge in [-0.05, 0) is 54.6 Å². The largest absolute Gasteiger partial charge is 0.309 e. The van der Waals surface area contributed by atoms with Crippen molar-refractivity contribution in [2.24, 2.45) is 0 Å². The van der Waals surface area contributed by atoms with Crippen molar-refractivity contribution in [3.63, 3.8) is 0 Å². The molecule has 0 saturated heterocycles. The molecule has 8 aromatic carbocycles. The van der Waals surface area contributed by atoms with Crippen LogP contribution in [0.5, 0.6) is 0 Å². The minimum atomic E-state index is 0.620. The summed E-state index contributed by atoms with van der Waals surface area (Å²) in [5.41, 5.74) is 10.2. The van der Waals surface area contributed by atoms with Gasteiger partial charge in [-0.1, -0.05) is 140 Å². The number of para-hydroxylation sites is 2. The second-order valence-corrected chi connectivity index (χ2v) is 17.8. The van der Waals surface area contributed by atoms with Crippen molar-refractivity contribution in [3.05, 3.63) is 194 Å². The van der Waals surface area contributed by atoms with E-state index in [1.165, 1.54) is 31.2 Å². The zero-order valence-electron chi connectivity index (χ0n) is 33.5. The minimum absolute atomic E-state index is 0.620. The van der Waals surface area contributed by atoms with Crippen molar-refractivity contribution >= 4 is 85.0 Å². The van der Waals surface area contributed by atoms with E-state index in [-0.39, 0.29) is 0 Å². The first-order valence-electron chi connectivity index (χ1n) is 20.8. The lowest BCUT2D eigenvalue weighted by Gasteiger charge is -2.11. The number of nitrogens with zero attached hydrogens (tertiary/aromatic N) is 6. The summed E-state index contributed by atoms with van der Waals surface area (Å²) in [5.74, 6) is 2.59. The molecule has 5 aromatic heterocycles. The quantitative estimate of drug-likeness (QED) is 0.167. The van der Waals surface area contributed by atoms with Crippen molar-refractivity contribution in [3.8, 4) is 62.5 Å². The van der Waals surface area contributed by atoms with Gasteiger partial charge in [0.25, 0.3) is 0 Å². The van der Waals surface area contributed by atoms with E-state index in [9.17, 15) is 0 Å². The monoisotopic (exact) mass is 840 g/mol. The Labute approximate surface area is 369 Å². The predicted octanol–water partition coefficient (Wildman–Crippen LogP) is 14.8. The van der Waals surface area contributed by atoms with Crippen LogP contribution in [-0.4, -0.2) is 29.5 Å². The molecule has 0 saturated carbocycles. The number of thiophene rings is 2. The standard InChI is InChI=1S/C55H32N6S2/c1-3-14-33(15-4-1)49-51-50(41-20-9-12-24-45(41)63-51)57-55(56-49)42-21-13-25-46-48(42)40-31-28-36(32-47(40)62-46)54-59-52(34-16-5-2-6-17-34)58-53(60-54)35-26-29-37(30-27-35)61-43-22-10-7-18-38(43)39-19-8-11-23-44(39)61/h1-32H. The molecule has 8 heteroatoms. The van der Waals surface area contributed by atoms with Crippen LogP contribution in [0.3, 0.4) is 0 Å². The maximum Gasteiger partial charge on any atom is 0.164 e. The van der Waals surface area contributed by atoms with Gasteiger partial charge in [0.1, 0.15) is 0 Å². The average Bonchev–Trinajstić information content (AvgIpc) is 4.04. The predicted molar refractivity (Wildman–Crippen MR) is 263 cm³/mol. The van der Waals surface area contributed by atoms with Crippen LogP contribution in [-0.2, 0) is 0 Å². The Morgan fingerprint density at radius 2 is 0.921 bits per heavy atom. The van der Waals surface area contributed by atoms with Crippen LogP contribution in [0.4, 0.5) is 0 Å². The van der Waals surface area contributed by atoms with Gasteiger partial charge in [0.2, 0.25) is 0 Å². The molecule has 5 heterocycles. The summed E-state index contributed by atoms with van der Waals surface area (Å²) in [6, 6.07) is 67.8. The van der Waals surface area contributed by atoms with Crippen molar-refractivity contribution in [1.29, 1.82) is 0 Å². The fourth-order valence-electron chi connectivity index (χ4n) is 8.96. The van der Waals surface area contributed by atoms with Crippen LogP contribution in [0, 0.1) is 0 Å². The molecule has 13 aromatic rings. The van der Waals surface area contributed by atoms with E-state index in [4.69, 9.17) is 24.9 Å². The third-order valence-electron chi connectivity index (χ3n) is 11.9. The lowest BCUT2D eigenvalue weighted by molar-refractivity contribution is 1.07. The molecule has 0 bridgehead atoms. The van der Waals surface area contributed by atoms with E-state index in [2.05, 4.69) is 162 Å². The molecular formula is C55H32N6S2. The van der Waals surface area contributed by atoms with E-state index in [0.29, 0.717) is 17.5 Å². The highest BCUT2D eigenvalue weighted by molar-refractivity contribution is 7.26. The summed E-state index contributed by atoms with van der Waals surface area (Å²) in [5, 5.41) is 5.91. The summed E-state index contributed by atoms with van der Waals surface area (Å²) < 4.78 is 6.94. The van der Waals surface area contributed by atoms with Crippen molar-refractivity contribution in [2.45, 2.75) is 0 Å². The fourth-order valence-corrected chi connectivity index (χ4v) is 11.3. The van der Waals surface area contributed by atoms with Crippen LogP contribution in [0.1, 0.15) is 0 Å². The number of rotatable bonds is 6. The van der Waals surface area contributed by atoms with Gasteiger partial charge in [-0.3, -0.25) is 0 Å². The lowest BCUT2D eigenvalue weighted by Crippen LogP contribution is -2.00. The SMILES string of the molecule is c1ccc(-c2nc(-c3ccc(-n4c5ccccc5c5ccccc54)cc3)nc(-c3ccc4c(c3)sc3cccc(-c5nc(-c6ccccc6)c6sc7ccccc7c6n5)c34)n2)cc1. The smallest absolute Gasteiger partial charge is 0.164 e. The molecular weight excluding hydrogens is 809 g/mol. The summed E-state index contributed by atoms with van der Waals surface area (Å²) in [7, 11) is 0. The van der Waals surface area contributed by atoms with Crippen LogP contribution in [0.15, 0.2) is 194 Å². The van der Waals surface area contributed by atoms with Crippen LogP contribution >= 0.6 is 22.7 Å². The second-order valence-electron chi connectivity index (χ2n) is 15.6. The van der Waals surface area contributed by atoms with Crippen molar-refractivity contribution < 1.29 is 0 Å². The Bertz CT molecular complexity index is 3860. The average molecular weight is 841 g/mol. The Morgan fingerprint density at radius 1 is 0.349 bits per heavy atom. The molecule has 0 aliphatic rings. The van der Waals surface area contributed by atoms with E-state index < -0.39 is 0 Å². The van der Waals surface area contributed by atoms with Crippen LogP contribution < -0.4 is 0 Å². The second kappa shape index (κ2) is 14.3. The Hall–Kier alpha value is -7.91. The highest BCUT2D eigenvalue weighted by Gasteiger charge is 2.21. The van der Waals surface area contributed by atoms with Gasteiger partial charge in [-0.15, -0.1) is 22.7 Å². The van der Waals surface area contributed by atoms with Gasteiger partial charge in [0.15, 0.2) is 23.3 Å². The molecule has 0 atom stereocenters. The summed E-state index contributed by atoms with van der Waals surface area (Å²) >= 11 is 3.52. The lowest BCUT2D eigenvalue weighted by atomic mass is 10.0. The fraction of sp³-hybridized carbons (Fsp3) is 0. The molecule has 6 nitrogen and oxygen atoms in total. The first-order chi connectivity index (χ1) is 31.2. The molecule has 0 N–H and O–H groups in total. The van der Waals surface area contributed by atoms with Gasteiger partial charge in [0.05, 0.1) is 26.9 Å². The topological polar surface area (TPSA) is 69.4 Å². The Kier molecular flexibility index (Phi) is 8.15. The molecule has 294 valence electrons. The molecule has 0 spiro atoms. The highest BCUT2D eigenvalue weighted by atomic mass is 32.1. The summed E-state index contributed by atoms with van der Waals surface area (Å²) in [4.78, 5) is 26.0. The van der Waals surface area contributed by atoms with Gasteiger partial charge < -0.3 is 4.57 Å². The zero-order valence-corrected chi connectivity index (χ0v) is 35.1. The van der Waals surface area contributed by atoms with Gasteiger partial charge in [-0.2, -0.15) is 0 Å². The molecule has 0 radical (unpaired) electrons. The number of benzene rings is 8. The van der Waals surface area contributed by atoms with Crippen LogP contribution in [0.2, 0.25) is 0 Å². The van der Waals surface area contributed by atoms with E-state index >= 15 is 0 Å². The van der Waals surface area contributed by atoms with Crippen molar-refractivity contribution in [1.82, 2.24) is 29.5 Å². The highest BCUT2D eigenvalue weighted by Crippen LogP contribution is 2.44. The number of aromatic nitrogens is 6. The summed E-state index contributed by atoms with van der Waals surface area (Å²) in [6.45, 7) is 0. The maximum absolute atomic E-state index is 5.34. The molecule has 0 unspecified atom stereocenters. The normalized spacial score (nSPS) is 11.8. The third kappa shape index (κ3) is 5.87. The van der Waals surface area contributed by atoms with E-state index in [1.54, 1.807) is 22.7 Å². The molecule has 63 heavy (non-hydrogen) atoms. The van der Waals surface area contributed by atoms with Gasteiger partial charge >= 0.3 is 0 Å². The molecule has 0 aliphatic carbocycles. The number of hydrogen-bond donors (Lipinski definition) is 0. The Morgan fingerprint density at radius 3 is 1.63 bits per heavy atom. The third-order valence-corrected chi connectivity index (χ3v) is 14.2. The summed E-state index contributed by atoms with van der Waals surface area (Å²) in [6.07, 6.45) is 0. The first-order valence-corrected chi connectivity index (χ1v) is 22.5. The van der Waals surface area contributed by atoms with E-state index in [1.807, 2.05) is 36.4 Å². The Balaban J connectivity index is 0.938. The van der Waals surface area contributed by atoms with E-state index in [0.717, 1.165) is 76.1 Å². The first kappa shape index (κ1) is 35.8. The van der Waals surface area contributed by atoms with Crippen molar-refractivity contribution in [2.75, 3.05) is 0 Å². The molecule has 0 fully saturated rings. The maximum atomic E-state index is 5.34. The molecule has 0 amide bonds. The number of hydrogen-bond acceptors (Lipinski definition) is 7. The molecule has 0 aliphatic heterocycles.